The first-order valence-electron chi connectivity index (χ1n) is 10.6. The number of phenolic OH excluding ortho intramolecular Hbond substituents is 1. The van der Waals surface area contributed by atoms with Crippen LogP contribution in [-0.4, -0.2) is 62.2 Å². The quantitative estimate of drug-likeness (QED) is 0.266. The summed E-state index contributed by atoms with van der Waals surface area (Å²) in [5, 5.41) is 24.2. The van der Waals surface area contributed by atoms with Gasteiger partial charge in [0, 0.05) is 42.0 Å². The van der Waals surface area contributed by atoms with Crippen molar-refractivity contribution in [2.45, 2.75) is 29.9 Å². The molecule has 3 amide bonds. The molecule has 1 aromatic heterocycles. The van der Waals surface area contributed by atoms with Crippen molar-refractivity contribution in [3.63, 3.8) is 0 Å². The van der Waals surface area contributed by atoms with E-state index in [-0.39, 0.29) is 71.4 Å². The zero-order chi connectivity index (χ0) is 23.1. The van der Waals surface area contributed by atoms with Crippen LogP contribution in [0.2, 0.25) is 0 Å². The molecule has 2 saturated heterocycles. The molecule has 3 atom stereocenters. The number of aromatic hydroxyl groups is 1. The van der Waals surface area contributed by atoms with Crippen LogP contribution < -0.4 is 40.0 Å². The van der Waals surface area contributed by atoms with Crippen LogP contribution >= 0.6 is 11.8 Å². The van der Waals surface area contributed by atoms with Gasteiger partial charge in [-0.1, -0.05) is 12.1 Å². The van der Waals surface area contributed by atoms with E-state index in [2.05, 4.69) is 10.3 Å². The van der Waals surface area contributed by atoms with Crippen molar-refractivity contribution in [2.75, 3.05) is 12.3 Å². The van der Waals surface area contributed by atoms with Gasteiger partial charge in [0.1, 0.15) is 11.8 Å². The zero-order valence-corrected chi connectivity index (χ0v) is 21.3. The van der Waals surface area contributed by atoms with Crippen molar-refractivity contribution < 1.29 is 54.2 Å². The van der Waals surface area contributed by atoms with E-state index in [4.69, 9.17) is 0 Å². The molecular formula is C23H21N4NaO5S. The summed E-state index contributed by atoms with van der Waals surface area (Å²) < 4.78 is 0. The molecule has 11 heteroatoms. The third-order valence-corrected chi connectivity index (χ3v) is 7.47. The maximum absolute atomic E-state index is 13.0. The summed E-state index contributed by atoms with van der Waals surface area (Å²) in [6, 6.07) is 8.78. The van der Waals surface area contributed by atoms with Gasteiger partial charge in [-0.3, -0.25) is 9.78 Å². The van der Waals surface area contributed by atoms with Crippen LogP contribution in [0.4, 0.5) is 4.79 Å². The van der Waals surface area contributed by atoms with Crippen LogP contribution in [0.25, 0.3) is 0 Å². The minimum atomic E-state index is -1.36. The van der Waals surface area contributed by atoms with Gasteiger partial charge in [0.05, 0.1) is 17.7 Å². The Balaban J connectivity index is 0.00000274. The van der Waals surface area contributed by atoms with Gasteiger partial charge in [0.25, 0.3) is 5.91 Å². The number of carbonyl (C=O) groups excluding carboxylic acids is 3. The molecule has 0 spiro atoms. The fourth-order valence-corrected chi connectivity index (χ4v) is 5.88. The predicted octanol–water partition coefficient (Wildman–Crippen LogP) is -2.29. The average molecular weight is 489 g/mol. The molecule has 3 aliphatic heterocycles. The number of rotatable bonds is 6. The van der Waals surface area contributed by atoms with Crippen molar-refractivity contribution in [1.29, 1.82) is 0 Å². The molecule has 0 saturated carbocycles. The van der Waals surface area contributed by atoms with Crippen molar-refractivity contribution in [3.8, 4) is 5.75 Å². The maximum Gasteiger partial charge on any atom is 1.00 e. The van der Waals surface area contributed by atoms with E-state index in [1.165, 1.54) is 33.7 Å². The average Bonchev–Trinajstić information content (AvgIpc) is 3.15. The summed E-state index contributed by atoms with van der Waals surface area (Å²) in [5.41, 5.74) is 1.47. The van der Waals surface area contributed by atoms with Gasteiger partial charge in [0.2, 0.25) is 0 Å². The van der Waals surface area contributed by atoms with Crippen LogP contribution in [0.1, 0.15) is 12.0 Å². The van der Waals surface area contributed by atoms with Gasteiger partial charge in [-0.25, -0.2) is 4.79 Å². The van der Waals surface area contributed by atoms with Gasteiger partial charge in [-0.15, -0.1) is 11.8 Å². The Morgan fingerprint density at radius 1 is 1.18 bits per heavy atom. The van der Waals surface area contributed by atoms with Crippen molar-refractivity contribution in [1.82, 2.24) is 20.1 Å². The summed E-state index contributed by atoms with van der Waals surface area (Å²) >= 11 is 1.49. The van der Waals surface area contributed by atoms with Crippen molar-refractivity contribution in [3.05, 3.63) is 65.6 Å². The number of carbonyl (C=O) groups is 3. The standard InChI is InChI=1S/C23H22N4O5S.Na/c28-14-3-1-13(2-4-14)11-25-23(32)26-10-7-16-17(12-33-15-5-8-24-9-6-15)19(22(30)31)27-18(16)20(26)21(27)29;/h1-6,8-9,16,18,20,28H,7,10-12H2,(H,25,32)(H,30,31);/q;+1/p-1/t16?,18-,20+;/m1./s1. The number of piperidine rings is 1. The number of phenols is 1. The topological polar surface area (TPSA) is 126 Å². The van der Waals surface area contributed by atoms with Crippen molar-refractivity contribution in [2.24, 2.45) is 5.92 Å². The maximum atomic E-state index is 13.0. The SMILES string of the molecule is O=C([O-])C1=C(CSc2ccncc2)C2CCN(C(=O)NCc3ccc(O)cc3)[C@@H]3C(=O)N1[C@H]23.[Na+]. The minimum absolute atomic E-state index is 0. The molecule has 1 aromatic carbocycles. The normalized spacial score (nSPS) is 22.6. The molecule has 2 aromatic rings. The number of pyridine rings is 1. The zero-order valence-electron chi connectivity index (χ0n) is 18.5. The first-order chi connectivity index (χ1) is 16.0. The molecule has 34 heavy (non-hydrogen) atoms. The van der Waals surface area contributed by atoms with Gasteiger partial charge < -0.3 is 30.1 Å². The fraction of sp³-hybridized carbons (Fsp3) is 0.304. The number of likely N-dealkylation sites (tertiary alicyclic amines) is 1. The molecule has 0 radical (unpaired) electrons. The molecule has 3 aliphatic rings. The summed E-state index contributed by atoms with van der Waals surface area (Å²) in [6.07, 6.45) is 3.92. The number of β-lactam (4-membered cyclic amide) rings is 1. The number of hydrogen-bond acceptors (Lipinski definition) is 7. The smallest absolute Gasteiger partial charge is 0.543 e. The Labute approximate surface area is 222 Å². The van der Waals surface area contributed by atoms with E-state index in [1.807, 2.05) is 12.1 Å². The largest absolute Gasteiger partial charge is 1.00 e. The summed E-state index contributed by atoms with van der Waals surface area (Å²) in [5.74, 6) is -1.28. The van der Waals surface area contributed by atoms with Crippen LogP contribution in [0, 0.1) is 5.92 Å². The van der Waals surface area contributed by atoms with Gasteiger partial charge in [0.15, 0.2) is 0 Å². The summed E-state index contributed by atoms with van der Waals surface area (Å²) in [4.78, 5) is 45.5. The molecule has 0 aliphatic carbocycles. The summed E-state index contributed by atoms with van der Waals surface area (Å²) in [6.45, 7) is 0.612. The Morgan fingerprint density at radius 2 is 1.88 bits per heavy atom. The number of carboxylic acid groups (broad SMARTS) is 1. The van der Waals surface area contributed by atoms with Crippen LogP contribution in [0.5, 0.6) is 5.75 Å². The third kappa shape index (κ3) is 4.31. The molecule has 2 fully saturated rings. The van der Waals surface area contributed by atoms with Gasteiger partial charge in [-0.05, 0) is 41.8 Å². The number of amides is 3. The molecule has 4 heterocycles. The van der Waals surface area contributed by atoms with E-state index < -0.39 is 12.0 Å². The minimum Gasteiger partial charge on any atom is -0.543 e. The van der Waals surface area contributed by atoms with E-state index in [0.29, 0.717) is 24.3 Å². The third-order valence-electron chi connectivity index (χ3n) is 6.41. The van der Waals surface area contributed by atoms with Gasteiger partial charge >= 0.3 is 35.6 Å². The molecule has 170 valence electrons. The molecule has 2 N–H and O–H groups in total. The fourth-order valence-electron chi connectivity index (χ4n) is 4.89. The second-order valence-electron chi connectivity index (χ2n) is 8.19. The van der Waals surface area contributed by atoms with E-state index in [1.54, 1.807) is 24.5 Å². The monoisotopic (exact) mass is 488 g/mol. The number of thioether (sulfide) groups is 1. The molecule has 9 nitrogen and oxygen atoms in total. The predicted molar refractivity (Wildman–Crippen MR) is 117 cm³/mol. The first-order valence-corrected chi connectivity index (χ1v) is 11.6. The number of nitrogens with one attached hydrogen (secondary N) is 1. The molecule has 1 unspecified atom stereocenters. The second kappa shape index (κ2) is 9.99. The van der Waals surface area contributed by atoms with E-state index >= 15 is 0 Å². The van der Waals surface area contributed by atoms with Crippen molar-refractivity contribution >= 4 is 29.7 Å². The van der Waals surface area contributed by atoms with E-state index in [9.17, 15) is 24.6 Å². The summed E-state index contributed by atoms with van der Waals surface area (Å²) in [7, 11) is 0. The number of benzene rings is 1. The first kappa shape index (κ1) is 24.6. The number of aromatic nitrogens is 1. The van der Waals surface area contributed by atoms with E-state index in [0.717, 1.165) is 10.5 Å². The van der Waals surface area contributed by atoms with Crippen LogP contribution in [0.15, 0.2) is 65.0 Å². The second-order valence-corrected chi connectivity index (χ2v) is 9.24. The number of nitrogens with zero attached hydrogens (tertiary/aromatic N) is 3. The number of carboxylic acids is 1. The molecule has 5 rings (SSSR count). The number of aliphatic carboxylic acids is 1. The Morgan fingerprint density at radius 3 is 2.56 bits per heavy atom. The Bertz CT molecular complexity index is 1140. The van der Waals surface area contributed by atoms with Gasteiger partial charge in [-0.2, -0.15) is 0 Å². The van der Waals surface area contributed by atoms with Crippen LogP contribution in [0.3, 0.4) is 0 Å². The Hall–Kier alpha value is -2.53. The number of urea groups is 1. The molecule has 0 bridgehead atoms. The van der Waals surface area contributed by atoms with Crippen LogP contribution in [-0.2, 0) is 16.1 Å². The molecular weight excluding hydrogens is 467 g/mol. The Kier molecular flexibility index (Phi) is 7.22. The number of hydrogen-bond donors (Lipinski definition) is 2.